The molecule has 0 aliphatic carbocycles. The Morgan fingerprint density at radius 3 is 2.59 bits per heavy atom. The molecule has 1 atom stereocenters. The molecule has 1 amide bonds. The van der Waals surface area contributed by atoms with Gasteiger partial charge in [0.05, 0.1) is 17.4 Å². The lowest BCUT2D eigenvalue weighted by atomic mass is 10.1. The molecule has 0 N–H and O–H groups in total. The van der Waals surface area contributed by atoms with Gasteiger partial charge in [-0.3, -0.25) is 9.69 Å². The molecule has 4 heterocycles. The van der Waals surface area contributed by atoms with Gasteiger partial charge in [-0.1, -0.05) is 0 Å². The molecule has 1 saturated heterocycles. The van der Waals surface area contributed by atoms with Crippen molar-refractivity contribution in [2.24, 2.45) is 7.05 Å². The van der Waals surface area contributed by atoms with Gasteiger partial charge in [0.1, 0.15) is 0 Å². The number of methoxy groups -OCH3 is 1. The molecule has 1 unspecified atom stereocenters. The molecular weight excluding hydrogens is 368 g/mol. The average Bonchev–Trinajstić information content (AvgIpc) is 3.08. The molecular formula is C21H30N6O2. The van der Waals surface area contributed by atoms with E-state index in [4.69, 9.17) is 4.74 Å². The van der Waals surface area contributed by atoms with Crippen molar-refractivity contribution in [3.8, 4) is 0 Å². The topological polar surface area (TPSA) is 66.7 Å². The maximum atomic E-state index is 13.0. The zero-order valence-electron chi connectivity index (χ0n) is 17.3. The van der Waals surface area contributed by atoms with E-state index < -0.39 is 0 Å². The second kappa shape index (κ2) is 8.92. The Morgan fingerprint density at radius 2 is 1.86 bits per heavy atom. The number of hydrogen-bond donors (Lipinski definition) is 0. The second-order valence-electron chi connectivity index (χ2n) is 7.76. The van der Waals surface area contributed by atoms with Gasteiger partial charge in [-0.25, -0.2) is 9.97 Å². The maximum Gasteiger partial charge on any atom is 0.255 e. The highest BCUT2D eigenvalue weighted by molar-refractivity contribution is 5.96. The summed E-state index contributed by atoms with van der Waals surface area (Å²) in [6.07, 6.45) is 7.33. The van der Waals surface area contributed by atoms with Gasteiger partial charge in [0.15, 0.2) is 0 Å². The highest BCUT2D eigenvalue weighted by atomic mass is 16.5. The van der Waals surface area contributed by atoms with Crippen LogP contribution in [0.5, 0.6) is 0 Å². The van der Waals surface area contributed by atoms with Gasteiger partial charge >= 0.3 is 0 Å². The number of anilines is 1. The first-order chi connectivity index (χ1) is 14.2. The molecule has 2 aromatic heterocycles. The number of fused-ring (bicyclic) bond motifs is 1. The Morgan fingerprint density at radius 1 is 1.10 bits per heavy atom. The number of amides is 1. The van der Waals surface area contributed by atoms with E-state index in [9.17, 15) is 4.79 Å². The maximum absolute atomic E-state index is 13.0. The largest absolute Gasteiger partial charge is 0.375 e. The van der Waals surface area contributed by atoms with Crippen LogP contribution >= 0.6 is 0 Å². The van der Waals surface area contributed by atoms with Gasteiger partial charge in [0.2, 0.25) is 5.95 Å². The van der Waals surface area contributed by atoms with E-state index in [1.807, 2.05) is 34.8 Å². The van der Waals surface area contributed by atoms with E-state index >= 15 is 0 Å². The van der Waals surface area contributed by atoms with E-state index in [0.717, 1.165) is 75.9 Å². The zero-order chi connectivity index (χ0) is 20.2. The number of ether oxygens (including phenoxy) is 1. The molecule has 2 aliphatic heterocycles. The highest BCUT2D eigenvalue weighted by Crippen LogP contribution is 2.29. The number of rotatable bonds is 6. The van der Waals surface area contributed by atoms with Gasteiger partial charge in [0, 0.05) is 72.0 Å². The summed E-state index contributed by atoms with van der Waals surface area (Å²) >= 11 is 0. The monoisotopic (exact) mass is 398 g/mol. The van der Waals surface area contributed by atoms with Crippen LogP contribution in [0.1, 0.15) is 35.0 Å². The number of piperazine rings is 1. The first-order valence-electron chi connectivity index (χ1n) is 10.4. The van der Waals surface area contributed by atoms with Crippen LogP contribution in [0.3, 0.4) is 0 Å². The van der Waals surface area contributed by atoms with Crippen molar-refractivity contribution in [3.63, 3.8) is 0 Å². The van der Waals surface area contributed by atoms with Crippen molar-refractivity contribution >= 4 is 11.9 Å². The summed E-state index contributed by atoms with van der Waals surface area (Å²) in [5, 5.41) is 0. The quantitative estimate of drug-likeness (QED) is 0.736. The predicted molar refractivity (Wildman–Crippen MR) is 111 cm³/mol. The summed E-state index contributed by atoms with van der Waals surface area (Å²) in [5.41, 5.74) is 1.78. The van der Waals surface area contributed by atoms with Gasteiger partial charge in [-0.2, -0.15) is 0 Å². The molecule has 0 radical (unpaired) electrons. The van der Waals surface area contributed by atoms with Crippen molar-refractivity contribution in [1.29, 1.82) is 0 Å². The average molecular weight is 399 g/mol. The fraction of sp³-hybridized carbons (Fsp3) is 0.571. The smallest absolute Gasteiger partial charge is 0.255 e. The third-order valence-electron chi connectivity index (χ3n) is 6.00. The molecule has 156 valence electrons. The summed E-state index contributed by atoms with van der Waals surface area (Å²) in [6, 6.07) is 3.77. The summed E-state index contributed by atoms with van der Waals surface area (Å²) < 4.78 is 7.67. The van der Waals surface area contributed by atoms with E-state index in [0.29, 0.717) is 0 Å². The Hall–Kier alpha value is -2.45. The SMILES string of the molecule is COC1CCN(CCCN2CCN(c3ncccn3)CC2)C(=O)c2ccn(C)c21. The molecule has 2 aromatic rings. The lowest BCUT2D eigenvalue weighted by molar-refractivity contribution is 0.0689. The van der Waals surface area contributed by atoms with Crippen molar-refractivity contribution in [3.05, 3.63) is 42.0 Å². The standard InChI is InChI=1S/C21H30N6O2/c1-24-11-5-17-19(24)18(29-2)6-12-26(20(17)28)10-4-9-25-13-15-27(16-14-25)21-22-7-3-8-23-21/h3,5,7-8,11,18H,4,6,9-10,12-16H2,1-2H3. The van der Waals surface area contributed by atoms with Crippen LogP contribution in [0.25, 0.3) is 0 Å². The van der Waals surface area contributed by atoms with Gasteiger partial charge in [0.25, 0.3) is 5.91 Å². The Balaban J connectivity index is 1.27. The number of aromatic nitrogens is 3. The zero-order valence-corrected chi connectivity index (χ0v) is 17.3. The Bertz CT molecular complexity index is 816. The number of carbonyl (C=O) groups is 1. The molecule has 8 nitrogen and oxygen atoms in total. The lowest BCUT2D eigenvalue weighted by Crippen LogP contribution is -2.47. The fourth-order valence-electron chi connectivity index (χ4n) is 4.36. The van der Waals surface area contributed by atoms with Crippen LogP contribution in [-0.2, 0) is 11.8 Å². The second-order valence-corrected chi connectivity index (χ2v) is 7.76. The number of aryl methyl sites for hydroxylation is 1. The number of nitrogens with zero attached hydrogens (tertiary/aromatic N) is 6. The fourth-order valence-corrected chi connectivity index (χ4v) is 4.36. The van der Waals surface area contributed by atoms with E-state index in [1.54, 1.807) is 19.5 Å². The molecule has 0 aromatic carbocycles. The third kappa shape index (κ3) is 4.28. The molecule has 29 heavy (non-hydrogen) atoms. The minimum absolute atomic E-state index is 0.0211. The molecule has 0 saturated carbocycles. The Labute approximate surface area is 172 Å². The minimum atomic E-state index is -0.0211. The third-order valence-corrected chi connectivity index (χ3v) is 6.00. The lowest BCUT2D eigenvalue weighted by Gasteiger charge is -2.35. The van der Waals surface area contributed by atoms with Crippen LogP contribution in [0.4, 0.5) is 5.95 Å². The molecule has 8 heteroatoms. The first-order valence-corrected chi connectivity index (χ1v) is 10.4. The van der Waals surface area contributed by atoms with E-state index in [2.05, 4.69) is 19.8 Å². The van der Waals surface area contributed by atoms with Crippen molar-refractivity contribution < 1.29 is 9.53 Å². The van der Waals surface area contributed by atoms with Crippen LogP contribution in [0.15, 0.2) is 30.7 Å². The van der Waals surface area contributed by atoms with Gasteiger partial charge in [-0.15, -0.1) is 0 Å². The number of carbonyl (C=O) groups excluding carboxylic acids is 1. The Kier molecular flexibility index (Phi) is 6.10. The molecule has 0 spiro atoms. The highest BCUT2D eigenvalue weighted by Gasteiger charge is 2.30. The molecule has 1 fully saturated rings. The molecule has 2 aliphatic rings. The summed E-state index contributed by atoms with van der Waals surface area (Å²) in [6.45, 7) is 6.41. The van der Waals surface area contributed by atoms with Crippen LogP contribution in [0.2, 0.25) is 0 Å². The summed E-state index contributed by atoms with van der Waals surface area (Å²) in [5.74, 6) is 0.944. The normalized spacial score (nSPS) is 20.6. The summed E-state index contributed by atoms with van der Waals surface area (Å²) in [7, 11) is 3.70. The van der Waals surface area contributed by atoms with Crippen molar-refractivity contribution in [1.82, 2.24) is 24.3 Å². The van der Waals surface area contributed by atoms with Gasteiger partial charge < -0.3 is 19.1 Å². The molecule has 4 rings (SSSR count). The van der Waals surface area contributed by atoms with Crippen LogP contribution in [-0.4, -0.2) is 83.2 Å². The van der Waals surface area contributed by atoms with Crippen molar-refractivity contribution in [2.75, 3.05) is 57.8 Å². The first kappa shape index (κ1) is 19.8. The molecule has 0 bridgehead atoms. The number of hydrogen-bond acceptors (Lipinski definition) is 6. The van der Waals surface area contributed by atoms with E-state index in [-0.39, 0.29) is 12.0 Å². The predicted octanol–water partition coefficient (Wildman–Crippen LogP) is 1.56. The van der Waals surface area contributed by atoms with Crippen molar-refractivity contribution in [2.45, 2.75) is 18.9 Å². The van der Waals surface area contributed by atoms with Crippen LogP contribution < -0.4 is 4.90 Å². The van der Waals surface area contributed by atoms with Crippen LogP contribution in [0, 0.1) is 0 Å². The minimum Gasteiger partial charge on any atom is -0.375 e. The summed E-state index contributed by atoms with van der Waals surface area (Å²) in [4.78, 5) is 28.4. The van der Waals surface area contributed by atoms with Gasteiger partial charge in [-0.05, 0) is 31.5 Å². The van der Waals surface area contributed by atoms with E-state index in [1.165, 1.54) is 0 Å².